The molecule has 1 aliphatic rings. The van der Waals surface area contributed by atoms with Crippen molar-refractivity contribution in [1.82, 2.24) is 4.90 Å². The molecule has 2 heteroatoms. The first kappa shape index (κ1) is 14.4. The van der Waals surface area contributed by atoms with E-state index in [1.54, 1.807) is 0 Å². The number of aromatic hydroxyl groups is 1. The van der Waals surface area contributed by atoms with Crippen LogP contribution in [-0.4, -0.2) is 23.1 Å². The molecule has 0 aliphatic heterocycles. The highest BCUT2D eigenvalue weighted by atomic mass is 16.3. The van der Waals surface area contributed by atoms with Crippen LogP contribution in [0.2, 0.25) is 0 Å². The van der Waals surface area contributed by atoms with Crippen LogP contribution in [0.25, 0.3) is 0 Å². The minimum atomic E-state index is 0.488. The first-order valence-electron chi connectivity index (χ1n) is 7.72. The zero-order chi connectivity index (χ0) is 13.8. The van der Waals surface area contributed by atoms with Crippen LogP contribution in [0.3, 0.4) is 0 Å². The van der Waals surface area contributed by atoms with Gasteiger partial charge in [-0.2, -0.15) is 0 Å². The molecular weight excluding hydrogens is 234 g/mol. The van der Waals surface area contributed by atoms with Gasteiger partial charge in [0.25, 0.3) is 0 Å². The van der Waals surface area contributed by atoms with E-state index in [1.165, 1.54) is 30.4 Å². The molecule has 0 heterocycles. The Labute approximate surface area is 117 Å². The summed E-state index contributed by atoms with van der Waals surface area (Å²) < 4.78 is 0. The second kappa shape index (κ2) is 6.42. The number of rotatable bonds is 5. The van der Waals surface area contributed by atoms with Gasteiger partial charge in [0.05, 0.1) is 0 Å². The summed E-state index contributed by atoms with van der Waals surface area (Å²) in [5.41, 5.74) is 2.54. The summed E-state index contributed by atoms with van der Waals surface area (Å²) in [6.07, 6.45) is 4.67. The molecule has 0 saturated heterocycles. The van der Waals surface area contributed by atoms with Crippen molar-refractivity contribution in [2.45, 2.75) is 52.5 Å². The highest BCUT2D eigenvalue weighted by Gasteiger charge is 2.27. The molecule has 2 atom stereocenters. The minimum Gasteiger partial charge on any atom is -0.508 e. The molecule has 1 aromatic rings. The number of hydrogen-bond acceptors (Lipinski definition) is 2. The van der Waals surface area contributed by atoms with E-state index in [1.807, 2.05) is 12.1 Å². The van der Waals surface area contributed by atoms with Crippen molar-refractivity contribution < 1.29 is 5.11 Å². The maximum Gasteiger partial charge on any atom is 0.119 e. The molecule has 1 N–H and O–H groups in total. The molecule has 0 radical (unpaired) electrons. The summed E-state index contributed by atoms with van der Waals surface area (Å²) in [5.74, 6) is 1.23. The summed E-state index contributed by atoms with van der Waals surface area (Å²) in [7, 11) is 0. The van der Waals surface area contributed by atoms with Gasteiger partial charge in [-0.05, 0) is 48.9 Å². The van der Waals surface area contributed by atoms with Crippen LogP contribution in [-0.2, 0) is 6.42 Å². The lowest BCUT2D eigenvalue weighted by atomic mass is 9.85. The predicted octanol–water partition coefficient (Wildman–Crippen LogP) is 4.14. The normalized spacial score (nSPS) is 20.3. The van der Waals surface area contributed by atoms with Crippen LogP contribution < -0.4 is 0 Å². The molecule has 2 nitrogen and oxygen atoms in total. The molecule has 106 valence electrons. The van der Waals surface area contributed by atoms with E-state index in [0.717, 1.165) is 25.4 Å². The molecule has 19 heavy (non-hydrogen) atoms. The van der Waals surface area contributed by atoms with Gasteiger partial charge in [0.2, 0.25) is 0 Å². The number of nitrogens with zero attached hydrogens (tertiary/aromatic N) is 1. The average molecular weight is 261 g/mol. The summed E-state index contributed by atoms with van der Waals surface area (Å²) in [4.78, 5) is 2.59. The largest absolute Gasteiger partial charge is 0.508 e. The monoisotopic (exact) mass is 261 g/mol. The highest BCUT2D eigenvalue weighted by molar-refractivity contribution is 5.42. The quantitative estimate of drug-likeness (QED) is 0.861. The Bertz CT molecular complexity index is 416. The molecule has 0 amide bonds. The SMILES string of the molecule is CCC(C)CN(CC)C1CCCc2c(O)cccc21. The molecule has 0 fully saturated rings. The molecule has 1 aliphatic carbocycles. The Hall–Kier alpha value is -1.02. The zero-order valence-corrected chi connectivity index (χ0v) is 12.5. The van der Waals surface area contributed by atoms with Crippen LogP contribution in [0, 0.1) is 5.92 Å². The summed E-state index contributed by atoms with van der Waals surface area (Å²) in [6.45, 7) is 9.09. The average Bonchev–Trinajstić information content (AvgIpc) is 2.44. The minimum absolute atomic E-state index is 0.488. The van der Waals surface area contributed by atoms with E-state index in [4.69, 9.17) is 0 Å². The lowest BCUT2D eigenvalue weighted by Gasteiger charge is -2.36. The predicted molar refractivity (Wildman–Crippen MR) is 80.5 cm³/mol. The Morgan fingerprint density at radius 1 is 1.37 bits per heavy atom. The smallest absolute Gasteiger partial charge is 0.119 e. The molecule has 0 aromatic heterocycles. The van der Waals surface area contributed by atoms with E-state index >= 15 is 0 Å². The lowest BCUT2D eigenvalue weighted by Crippen LogP contribution is -2.34. The van der Waals surface area contributed by atoms with Crippen molar-refractivity contribution in [2.75, 3.05) is 13.1 Å². The highest BCUT2D eigenvalue weighted by Crippen LogP contribution is 2.38. The third-order valence-electron chi connectivity index (χ3n) is 4.54. The van der Waals surface area contributed by atoms with Crippen molar-refractivity contribution in [3.05, 3.63) is 29.3 Å². The van der Waals surface area contributed by atoms with Gasteiger partial charge < -0.3 is 5.11 Å². The fourth-order valence-electron chi connectivity index (χ4n) is 3.19. The Morgan fingerprint density at radius 2 is 2.16 bits per heavy atom. The van der Waals surface area contributed by atoms with Gasteiger partial charge in [-0.25, -0.2) is 0 Å². The third kappa shape index (κ3) is 3.11. The van der Waals surface area contributed by atoms with Gasteiger partial charge in [-0.1, -0.05) is 39.3 Å². The van der Waals surface area contributed by atoms with E-state index in [9.17, 15) is 5.11 Å². The van der Waals surface area contributed by atoms with Crippen LogP contribution in [0.4, 0.5) is 0 Å². The van der Waals surface area contributed by atoms with Crippen molar-refractivity contribution in [1.29, 1.82) is 0 Å². The summed E-state index contributed by atoms with van der Waals surface area (Å²) >= 11 is 0. The maximum absolute atomic E-state index is 10.0. The van der Waals surface area contributed by atoms with Gasteiger partial charge in [-0.3, -0.25) is 4.90 Å². The van der Waals surface area contributed by atoms with Crippen LogP contribution in [0.1, 0.15) is 57.2 Å². The van der Waals surface area contributed by atoms with Crippen LogP contribution >= 0.6 is 0 Å². The molecule has 0 saturated carbocycles. The second-order valence-corrected chi connectivity index (χ2v) is 5.85. The van der Waals surface area contributed by atoms with Gasteiger partial charge in [0.1, 0.15) is 5.75 Å². The second-order valence-electron chi connectivity index (χ2n) is 5.85. The van der Waals surface area contributed by atoms with Crippen molar-refractivity contribution >= 4 is 0 Å². The van der Waals surface area contributed by atoms with Crippen molar-refractivity contribution in [2.24, 2.45) is 5.92 Å². The number of hydrogen-bond donors (Lipinski definition) is 1. The maximum atomic E-state index is 10.0. The molecule has 2 rings (SSSR count). The van der Waals surface area contributed by atoms with Gasteiger partial charge in [0, 0.05) is 12.6 Å². The number of fused-ring (bicyclic) bond motifs is 1. The Kier molecular flexibility index (Phi) is 4.87. The summed E-state index contributed by atoms with van der Waals surface area (Å²) in [6, 6.07) is 6.52. The fourth-order valence-corrected chi connectivity index (χ4v) is 3.19. The third-order valence-corrected chi connectivity index (χ3v) is 4.54. The Morgan fingerprint density at radius 3 is 2.84 bits per heavy atom. The molecular formula is C17H27NO. The van der Waals surface area contributed by atoms with Gasteiger partial charge in [0.15, 0.2) is 0 Å². The summed E-state index contributed by atoms with van der Waals surface area (Å²) in [5, 5.41) is 10.0. The number of benzene rings is 1. The molecule has 1 aromatic carbocycles. The van der Waals surface area contributed by atoms with Gasteiger partial charge >= 0.3 is 0 Å². The molecule has 0 spiro atoms. The first-order chi connectivity index (χ1) is 9.17. The van der Waals surface area contributed by atoms with Gasteiger partial charge in [-0.15, -0.1) is 0 Å². The standard InChI is InChI=1S/C17H27NO/c1-4-13(3)12-18(5-2)16-10-6-9-15-14(16)8-7-11-17(15)19/h7-8,11,13,16,19H,4-6,9-10,12H2,1-3H3. The van der Waals surface area contributed by atoms with Crippen LogP contribution in [0.15, 0.2) is 18.2 Å². The zero-order valence-electron chi connectivity index (χ0n) is 12.5. The fraction of sp³-hybridized carbons (Fsp3) is 0.647. The van der Waals surface area contributed by atoms with Crippen molar-refractivity contribution in [3.63, 3.8) is 0 Å². The Balaban J connectivity index is 2.24. The number of phenols is 1. The number of phenolic OH excluding ortho intramolecular Hbond substituents is 1. The van der Waals surface area contributed by atoms with Crippen molar-refractivity contribution in [3.8, 4) is 5.75 Å². The molecule has 2 unspecified atom stereocenters. The van der Waals surface area contributed by atoms with Crippen LogP contribution in [0.5, 0.6) is 5.75 Å². The van der Waals surface area contributed by atoms with E-state index in [-0.39, 0.29) is 0 Å². The lowest BCUT2D eigenvalue weighted by molar-refractivity contribution is 0.161. The first-order valence-corrected chi connectivity index (χ1v) is 7.72. The molecule has 0 bridgehead atoms. The van der Waals surface area contributed by atoms with E-state index in [0.29, 0.717) is 11.8 Å². The topological polar surface area (TPSA) is 23.5 Å². The van der Waals surface area contributed by atoms with E-state index in [2.05, 4.69) is 31.7 Å². The van der Waals surface area contributed by atoms with E-state index < -0.39 is 0 Å².